The van der Waals surface area contributed by atoms with Crippen molar-refractivity contribution in [2.45, 2.75) is 27.2 Å². The lowest BCUT2D eigenvalue weighted by Crippen LogP contribution is -2.12. The van der Waals surface area contributed by atoms with Gasteiger partial charge in [-0.2, -0.15) is 4.98 Å². The number of aromatic nitrogens is 2. The predicted molar refractivity (Wildman–Crippen MR) is 59.6 cm³/mol. The van der Waals surface area contributed by atoms with Gasteiger partial charge in [0.15, 0.2) is 0 Å². The largest absolute Gasteiger partial charge is 0.477 e. The van der Waals surface area contributed by atoms with Gasteiger partial charge >= 0.3 is 0 Å². The van der Waals surface area contributed by atoms with Gasteiger partial charge in [0, 0.05) is 12.5 Å². The molecule has 0 aliphatic rings. The van der Waals surface area contributed by atoms with Crippen molar-refractivity contribution >= 4 is 5.82 Å². The van der Waals surface area contributed by atoms with Crippen molar-refractivity contribution in [3.05, 3.63) is 11.9 Å². The summed E-state index contributed by atoms with van der Waals surface area (Å²) in [7, 11) is 0. The molecule has 0 saturated heterocycles. The summed E-state index contributed by atoms with van der Waals surface area (Å²) in [6.45, 7) is 6.81. The molecule has 0 aliphatic heterocycles. The van der Waals surface area contributed by atoms with E-state index in [0.29, 0.717) is 24.2 Å². The van der Waals surface area contributed by atoms with Crippen LogP contribution in [0.25, 0.3) is 0 Å². The Morgan fingerprint density at radius 1 is 1.47 bits per heavy atom. The van der Waals surface area contributed by atoms with Crippen LogP contribution in [0.15, 0.2) is 6.07 Å². The standard InChI is InChI=1S/C10H18N4O/c1-4-8-12-9(14-11)5-10(13-8)15-6-7(2)3/h5,7H,4,6,11H2,1-3H3,(H,12,13,14). The van der Waals surface area contributed by atoms with Crippen molar-refractivity contribution < 1.29 is 4.74 Å². The lowest BCUT2D eigenvalue weighted by atomic mass is 10.2. The third-order valence-electron chi connectivity index (χ3n) is 1.78. The molecular weight excluding hydrogens is 192 g/mol. The lowest BCUT2D eigenvalue weighted by molar-refractivity contribution is 0.260. The maximum atomic E-state index is 5.51. The second kappa shape index (κ2) is 5.50. The molecule has 1 heterocycles. The smallest absolute Gasteiger partial charge is 0.218 e. The van der Waals surface area contributed by atoms with Crippen LogP contribution >= 0.6 is 0 Å². The van der Waals surface area contributed by atoms with E-state index in [4.69, 9.17) is 10.6 Å². The van der Waals surface area contributed by atoms with Crippen molar-refractivity contribution in [2.24, 2.45) is 11.8 Å². The van der Waals surface area contributed by atoms with Crippen molar-refractivity contribution in [2.75, 3.05) is 12.0 Å². The van der Waals surface area contributed by atoms with Crippen LogP contribution in [0.4, 0.5) is 5.82 Å². The molecule has 0 radical (unpaired) electrons. The first-order valence-electron chi connectivity index (χ1n) is 5.13. The van der Waals surface area contributed by atoms with Gasteiger partial charge in [-0.25, -0.2) is 10.8 Å². The van der Waals surface area contributed by atoms with Gasteiger partial charge in [-0.05, 0) is 5.92 Å². The van der Waals surface area contributed by atoms with Crippen molar-refractivity contribution in [3.63, 3.8) is 0 Å². The van der Waals surface area contributed by atoms with Gasteiger partial charge in [-0.1, -0.05) is 20.8 Å². The molecule has 0 fully saturated rings. The van der Waals surface area contributed by atoms with Crippen molar-refractivity contribution in [1.82, 2.24) is 9.97 Å². The number of anilines is 1. The summed E-state index contributed by atoms with van der Waals surface area (Å²) in [5, 5.41) is 0. The van der Waals surface area contributed by atoms with Crippen LogP contribution in [0.5, 0.6) is 5.88 Å². The molecule has 0 bridgehead atoms. The van der Waals surface area contributed by atoms with Crippen LogP contribution in [0.2, 0.25) is 0 Å². The zero-order chi connectivity index (χ0) is 11.3. The van der Waals surface area contributed by atoms with Gasteiger partial charge < -0.3 is 10.2 Å². The summed E-state index contributed by atoms with van der Waals surface area (Å²) >= 11 is 0. The molecule has 0 atom stereocenters. The maximum absolute atomic E-state index is 5.51. The minimum Gasteiger partial charge on any atom is -0.477 e. The Morgan fingerprint density at radius 3 is 2.73 bits per heavy atom. The van der Waals surface area contributed by atoms with E-state index in [9.17, 15) is 0 Å². The normalized spacial score (nSPS) is 10.5. The van der Waals surface area contributed by atoms with Crippen LogP contribution in [-0.2, 0) is 6.42 Å². The number of hydrogen-bond acceptors (Lipinski definition) is 5. The first-order chi connectivity index (χ1) is 7.15. The van der Waals surface area contributed by atoms with E-state index in [1.54, 1.807) is 6.07 Å². The third kappa shape index (κ3) is 3.71. The molecule has 1 rings (SSSR count). The number of ether oxygens (including phenoxy) is 1. The Kier molecular flexibility index (Phi) is 4.30. The summed E-state index contributed by atoms with van der Waals surface area (Å²) in [6, 6.07) is 1.70. The van der Waals surface area contributed by atoms with E-state index in [0.717, 1.165) is 12.2 Å². The number of aryl methyl sites for hydroxylation is 1. The number of nitrogen functional groups attached to an aromatic ring is 1. The Labute approximate surface area is 90.0 Å². The molecule has 0 aromatic carbocycles. The van der Waals surface area contributed by atoms with Crippen LogP contribution in [0.1, 0.15) is 26.6 Å². The first kappa shape index (κ1) is 11.7. The summed E-state index contributed by atoms with van der Waals surface area (Å²) in [5.74, 6) is 7.66. The van der Waals surface area contributed by atoms with Crippen molar-refractivity contribution in [3.8, 4) is 5.88 Å². The molecule has 1 aromatic heterocycles. The van der Waals surface area contributed by atoms with E-state index in [-0.39, 0.29) is 0 Å². The minimum absolute atomic E-state index is 0.472. The highest BCUT2D eigenvalue weighted by Gasteiger charge is 2.04. The van der Waals surface area contributed by atoms with Crippen molar-refractivity contribution in [1.29, 1.82) is 0 Å². The maximum Gasteiger partial charge on any atom is 0.218 e. The molecular formula is C10H18N4O. The molecule has 0 spiro atoms. The molecule has 0 amide bonds. The summed E-state index contributed by atoms with van der Waals surface area (Å²) < 4.78 is 5.51. The van der Waals surface area contributed by atoms with E-state index < -0.39 is 0 Å². The van der Waals surface area contributed by atoms with Crippen LogP contribution in [-0.4, -0.2) is 16.6 Å². The molecule has 0 aliphatic carbocycles. The average molecular weight is 210 g/mol. The number of nitrogens with two attached hydrogens (primary N) is 1. The average Bonchev–Trinajstić information content (AvgIpc) is 2.25. The fourth-order valence-corrected chi connectivity index (χ4v) is 1.03. The predicted octanol–water partition coefficient (Wildman–Crippen LogP) is 1.36. The Morgan fingerprint density at radius 2 is 2.20 bits per heavy atom. The highest BCUT2D eigenvalue weighted by Crippen LogP contribution is 2.13. The first-order valence-corrected chi connectivity index (χ1v) is 5.13. The van der Waals surface area contributed by atoms with Gasteiger partial charge in [-0.3, -0.25) is 0 Å². The third-order valence-corrected chi connectivity index (χ3v) is 1.78. The number of rotatable bonds is 5. The Hall–Kier alpha value is -1.36. The molecule has 5 heteroatoms. The number of hydrogen-bond donors (Lipinski definition) is 2. The lowest BCUT2D eigenvalue weighted by Gasteiger charge is -2.09. The monoisotopic (exact) mass is 210 g/mol. The molecule has 1 aromatic rings. The highest BCUT2D eigenvalue weighted by molar-refractivity contribution is 5.36. The van der Waals surface area contributed by atoms with E-state index in [1.165, 1.54) is 0 Å². The zero-order valence-corrected chi connectivity index (χ0v) is 9.45. The SMILES string of the molecule is CCc1nc(NN)cc(OCC(C)C)n1. The zero-order valence-electron chi connectivity index (χ0n) is 9.45. The van der Waals surface area contributed by atoms with Gasteiger partial charge in [0.1, 0.15) is 11.6 Å². The van der Waals surface area contributed by atoms with Crippen LogP contribution in [0, 0.1) is 5.92 Å². The molecule has 0 unspecified atom stereocenters. The van der Waals surface area contributed by atoms with E-state index in [1.807, 2.05) is 6.92 Å². The number of nitrogens with zero attached hydrogens (tertiary/aromatic N) is 2. The van der Waals surface area contributed by atoms with Crippen LogP contribution in [0.3, 0.4) is 0 Å². The van der Waals surface area contributed by atoms with Gasteiger partial charge in [0.05, 0.1) is 6.61 Å². The second-order valence-electron chi connectivity index (χ2n) is 3.71. The molecule has 0 saturated carbocycles. The quantitative estimate of drug-likeness (QED) is 0.567. The Balaban J connectivity index is 2.77. The topological polar surface area (TPSA) is 73.1 Å². The van der Waals surface area contributed by atoms with Crippen LogP contribution < -0.4 is 16.0 Å². The van der Waals surface area contributed by atoms with Gasteiger partial charge in [0.2, 0.25) is 5.88 Å². The van der Waals surface area contributed by atoms with Gasteiger partial charge in [0.25, 0.3) is 0 Å². The molecule has 3 N–H and O–H groups in total. The molecule has 5 nitrogen and oxygen atoms in total. The highest BCUT2D eigenvalue weighted by atomic mass is 16.5. The number of hydrazine groups is 1. The number of nitrogens with one attached hydrogen (secondary N) is 1. The summed E-state index contributed by atoms with van der Waals surface area (Å²) in [6.07, 6.45) is 0.757. The molecule has 15 heavy (non-hydrogen) atoms. The van der Waals surface area contributed by atoms with E-state index >= 15 is 0 Å². The fraction of sp³-hybridized carbons (Fsp3) is 0.600. The second-order valence-corrected chi connectivity index (χ2v) is 3.71. The minimum atomic E-state index is 0.472. The summed E-state index contributed by atoms with van der Waals surface area (Å²) in [4.78, 5) is 8.41. The Bertz CT molecular complexity index is 292. The molecule has 84 valence electrons. The van der Waals surface area contributed by atoms with Gasteiger partial charge in [-0.15, -0.1) is 0 Å². The van der Waals surface area contributed by atoms with E-state index in [2.05, 4.69) is 29.2 Å². The summed E-state index contributed by atoms with van der Waals surface area (Å²) in [5.41, 5.74) is 2.50. The fourth-order valence-electron chi connectivity index (χ4n) is 1.03.